The zero-order chi connectivity index (χ0) is 16.1. The van der Waals surface area contributed by atoms with Crippen LogP contribution >= 0.6 is 11.6 Å². The highest BCUT2D eigenvalue weighted by atomic mass is 35.5. The lowest BCUT2D eigenvalue weighted by molar-refractivity contribution is -0.329. The number of nitrogens with one attached hydrogen (secondary N) is 1. The third-order valence-electron chi connectivity index (χ3n) is 4.07. The van der Waals surface area contributed by atoms with Crippen molar-refractivity contribution in [3.05, 3.63) is 36.0 Å². The molecule has 0 bridgehead atoms. The van der Waals surface area contributed by atoms with Crippen LogP contribution in [-0.2, 0) is 10.3 Å². The molecule has 1 aliphatic rings. The molecular formula is C14H16ClNO6. The number of aliphatic hydroxyl groups excluding tert-OH is 4. The monoisotopic (exact) mass is 329 g/mol. The van der Waals surface area contributed by atoms with Gasteiger partial charge in [-0.2, -0.15) is 0 Å². The molecule has 0 radical (unpaired) electrons. The van der Waals surface area contributed by atoms with Gasteiger partial charge in [-0.1, -0.05) is 29.8 Å². The standard InChI is InChI=1S/C14H16ClNO6/c15-12(19)9-10(17)14(21,11(18)13(20)22-9)7-5-16-8-4-2-1-3-6(7)8/h1-5,9-13,16-21H/t9-,10+,11-,12?,13-,14-/m0/s1. The number of benzene rings is 1. The minimum Gasteiger partial charge on any atom is -0.387 e. The van der Waals surface area contributed by atoms with Gasteiger partial charge in [-0.3, -0.25) is 0 Å². The summed E-state index contributed by atoms with van der Waals surface area (Å²) in [4.78, 5) is 2.91. The van der Waals surface area contributed by atoms with Gasteiger partial charge in [-0.05, 0) is 6.07 Å². The number of alkyl halides is 1. The second kappa shape index (κ2) is 5.47. The molecule has 1 unspecified atom stereocenters. The maximum atomic E-state index is 10.9. The van der Waals surface area contributed by atoms with E-state index in [1.807, 2.05) is 0 Å². The van der Waals surface area contributed by atoms with E-state index in [9.17, 15) is 25.5 Å². The highest BCUT2D eigenvalue weighted by Gasteiger charge is 2.57. The normalized spacial score (nSPS) is 37.4. The van der Waals surface area contributed by atoms with Crippen LogP contribution in [0.2, 0.25) is 0 Å². The van der Waals surface area contributed by atoms with Gasteiger partial charge in [0.25, 0.3) is 0 Å². The summed E-state index contributed by atoms with van der Waals surface area (Å²) in [5.41, 5.74) is -3.09. The Morgan fingerprint density at radius 2 is 1.86 bits per heavy atom. The lowest BCUT2D eigenvalue weighted by Crippen LogP contribution is -2.66. The Bertz CT molecular complexity index is 676. The molecule has 1 aliphatic heterocycles. The third kappa shape index (κ3) is 2.14. The van der Waals surface area contributed by atoms with Crippen LogP contribution in [0.1, 0.15) is 5.56 Å². The smallest absolute Gasteiger partial charge is 0.184 e. The average molecular weight is 330 g/mol. The molecule has 0 aliphatic carbocycles. The molecule has 120 valence electrons. The van der Waals surface area contributed by atoms with Crippen LogP contribution in [0.3, 0.4) is 0 Å². The molecule has 1 fully saturated rings. The zero-order valence-electron chi connectivity index (χ0n) is 11.3. The number of hydrogen-bond acceptors (Lipinski definition) is 6. The summed E-state index contributed by atoms with van der Waals surface area (Å²) < 4.78 is 4.88. The maximum Gasteiger partial charge on any atom is 0.184 e. The van der Waals surface area contributed by atoms with Crippen LogP contribution in [-0.4, -0.2) is 60.7 Å². The van der Waals surface area contributed by atoms with Crippen LogP contribution < -0.4 is 0 Å². The summed E-state index contributed by atoms with van der Waals surface area (Å²) in [6.45, 7) is 0. The first-order chi connectivity index (χ1) is 10.4. The summed E-state index contributed by atoms with van der Waals surface area (Å²) in [5.74, 6) is 0. The Hall–Kier alpha value is -1.19. The fourth-order valence-electron chi connectivity index (χ4n) is 2.89. The van der Waals surface area contributed by atoms with Gasteiger partial charge in [-0.25, -0.2) is 0 Å². The molecule has 1 aromatic carbocycles. The van der Waals surface area contributed by atoms with Gasteiger partial charge >= 0.3 is 0 Å². The van der Waals surface area contributed by atoms with Gasteiger partial charge in [-0.15, -0.1) is 0 Å². The molecule has 7 nitrogen and oxygen atoms in total. The zero-order valence-corrected chi connectivity index (χ0v) is 12.1. The Balaban J connectivity index is 2.15. The average Bonchev–Trinajstić information content (AvgIpc) is 2.93. The minimum atomic E-state index is -2.27. The van der Waals surface area contributed by atoms with Crippen molar-refractivity contribution in [3.63, 3.8) is 0 Å². The predicted molar refractivity (Wildman–Crippen MR) is 76.9 cm³/mol. The van der Waals surface area contributed by atoms with Crippen LogP contribution in [0.4, 0.5) is 0 Å². The molecule has 1 saturated heterocycles. The second-order valence-electron chi connectivity index (χ2n) is 5.33. The summed E-state index contributed by atoms with van der Waals surface area (Å²) in [6, 6.07) is 6.95. The Labute approximate surface area is 130 Å². The van der Waals surface area contributed by atoms with Crippen molar-refractivity contribution in [1.82, 2.24) is 4.98 Å². The largest absolute Gasteiger partial charge is 0.387 e. The number of fused-ring (bicyclic) bond motifs is 1. The van der Waals surface area contributed by atoms with E-state index in [4.69, 9.17) is 16.3 Å². The molecule has 6 atom stereocenters. The van der Waals surface area contributed by atoms with E-state index in [1.165, 1.54) is 6.20 Å². The van der Waals surface area contributed by atoms with Crippen LogP contribution in [0.5, 0.6) is 0 Å². The number of para-hydroxylation sites is 1. The lowest BCUT2D eigenvalue weighted by atomic mass is 9.78. The quantitative estimate of drug-likeness (QED) is 0.407. The lowest BCUT2D eigenvalue weighted by Gasteiger charge is -2.47. The van der Waals surface area contributed by atoms with Gasteiger partial charge < -0.3 is 35.3 Å². The van der Waals surface area contributed by atoms with Crippen molar-refractivity contribution >= 4 is 22.5 Å². The van der Waals surface area contributed by atoms with Crippen molar-refractivity contribution in [2.45, 2.75) is 35.8 Å². The molecule has 0 amide bonds. The van der Waals surface area contributed by atoms with E-state index >= 15 is 0 Å². The van der Waals surface area contributed by atoms with Crippen LogP contribution in [0, 0.1) is 0 Å². The number of halogens is 1. The number of hydrogen-bond donors (Lipinski definition) is 6. The van der Waals surface area contributed by atoms with Crippen molar-refractivity contribution in [2.24, 2.45) is 0 Å². The molecule has 0 saturated carbocycles. The second-order valence-corrected chi connectivity index (χ2v) is 5.77. The van der Waals surface area contributed by atoms with Crippen molar-refractivity contribution in [1.29, 1.82) is 0 Å². The molecule has 1 aromatic heterocycles. The molecule has 2 heterocycles. The predicted octanol–water partition coefficient (Wildman–Crippen LogP) is -0.648. The van der Waals surface area contributed by atoms with E-state index in [1.54, 1.807) is 24.3 Å². The summed E-state index contributed by atoms with van der Waals surface area (Å²) in [7, 11) is 0. The molecule has 2 aromatic rings. The van der Waals surface area contributed by atoms with Gasteiger partial charge in [0.05, 0.1) is 0 Å². The Kier molecular flexibility index (Phi) is 3.90. The number of aliphatic hydroxyl groups is 5. The number of aromatic amines is 1. The summed E-state index contributed by atoms with van der Waals surface area (Å²) in [6.07, 6.45) is -5.45. The van der Waals surface area contributed by atoms with Gasteiger partial charge in [0.15, 0.2) is 17.5 Å². The third-order valence-corrected chi connectivity index (χ3v) is 4.32. The van der Waals surface area contributed by atoms with Crippen LogP contribution in [0.25, 0.3) is 10.9 Å². The minimum absolute atomic E-state index is 0.174. The Morgan fingerprint density at radius 1 is 1.18 bits per heavy atom. The first-order valence-electron chi connectivity index (χ1n) is 6.68. The molecule has 22 heavy (non-hydrogen) atoms. The highest BCUT2D eigenvalue weighted by Crippen LogP contribution is 2.41. The van der Waals surface area contributed by atoms with Crippen molar-refractivity contribution < 1.29 is 30.3 Å². The molecular weight excluding hydrogens is 314 g/mol. The fraction of sp³-hybridized carbons (Fsp3) is 0.429. The van der Waals surface area contributed by atoms with Gasteiger partial charge in [0, 0.05) is 22.7 Å². The van der Waals surface area contributed by atoms with Gasteiger partial charge in [0.1, 0.15) is 18.3 Å². The molecule has 8 heteroatoms. The first-order valence-corrected chi connectivity index (χ1v) is 7.11. The van der Waals surface area contributed by atoms with E-state index in [2.05, 4.69) is 4.98 Å². The van der Waals surface area contributed by atoms with E-state index in [0.717, 1.165) is 0 Å². The SMILES string of the molecule is OC(Cl)[C@H]1O[C@H](O)[C@H](O)[C@](O)(c2c[nH]c3ccccc23)[C@@H]1O. The fourth-order valence-corrected chi connectivity index (χ4v) is 3.09. The van der Waals surface area contributed by atoms with Crippen molar-refractivity contribution in [2.75, 3.05) is 0 Å². The van der Waals surface area contributed by atoms with Crippen LogP contribution in [0.15, 0.2) is 30.5 Å². The maximum absolute atomic E-state index is 10.9. The summed E-state index contributed by atoms with van der Waals surface area (Å²) >= 11 is 5.53. The number of ether oxygens (including phenoxy) is 1. The topological polar surface area (TPSA) is 126 Å². The Morgan fingerprint density at radius 3 is 2.55 bits per heavy atom. The van der Waals surface area contributed by atoms with E-state index < -0.39 is 35.8 Å². The number of aromatic nitrogens is 1. The highest BCUT2D eigenvalue weighted by molar-refractivity contribution is 6.19. The molecule has 0 spiro atoms. The number of rotatable bonds is 2. The number of H-pyrrole nitrogens is 1. The molecule has 3 rings (SSSR count). The van der Waals surface area contributed by atoms with Gasteiger partial charge in [0.2, 0.25) is 0 Å². The first kappa shape index (κ1) is 15.7. The van der Waals surface area contributed by atoms with E-state index in [0.29, 0.717) is 10.9 Å². The van der Waals surface area contributed by atoms with E-state index in [-0.39, 0.29) is 5.56 Å². The summed E-state index contributed by atoms with van der Waals surface area (Å²) in [5, 5.41) is 51.3. The molecule has 6 N–H and O–H groups in total. The van der Waals surface area contributed by atoms with Crippen molar-refractivity contribution in [3.8, 4) is 0 Å².